The van der Waals surface area contributed by atoms with Crippen molar-refractivity contribution >= 4 is 17.4 Å². The minimum Gasteiger partial charge on any atom is -0.508 e. The molecule has 1 N–H and O–H groups in total. The van der Waals surface area contributed by atoms with E-state index in [-0.39, 0.29) is 23.3 Å². The van der Waals surface area contributed by atoms with E-state index in [9.17, 15) is 14.3 Å². The maximum Gasteiger partial charge on any atom is 0.225 e. The van der Waals surface area contributed by atoms with Crippen LogP contribution >= 0.6 is 0 Å². The van der Waals surface area contributed by atoms with E-state index in [1.54, 1.807) is 24.3 Å². The first-order valence-electron chi connectivity index (χ1n) is 10.9. The first-order chi connectivity index (χ1) is 15.5. The molecule has 1 aliphatic carbocycles. The molecule has 3 aromatic rings. The number of aryl methyl sites for hydroxylation is 1. The number of phenolic OH excluding ortho intramolecular Hbond substituents is 1. The summed E-state index contributed by atoms with van der Waals surface area (Å²) in [6, 6.07) is 13.8. The largest absolute Gasteiger partial charge is 0.508 e. The predicted molar refractivity (Wildman–Crippen MR) is 121 cm³/mol. The zero-order valence-corrected chi connectivity index (χ0v) is 18.0. The second kappa shape index (κ2) is 8.22. The SMILES string of the molecule is Cc1nc(N2CCN(c3ccc(F)cc3)CC2)nc2c1C(=O)C[C@@H](c1ccccc1O)C2. The number of ketones is 1. The molecule has 0 bridgehead atoms. The number of halogens is 1. The van der Waals surface area contributed by atoms with Crippen LogP contribution in [0, 0.1) is 12.7 Å². The lowest BCUT2D eigenvalue weighted by Crippen LogP contribution is -2.47. The quantitative estimate of drug-likeness (QED) is 0.678. The number of carbonyl (C=O) groups is 1. The Labute approximate surface area is 186 Å². The number of aromatic hydroxyl groups is 1. The summed E-state index contributed by atoms with van der Waals surface area (Å²) in [5.41, 5.74) is 3.90. The van der Waals surface area contributed by atoms with Gasteiger partial charge in [-0.3, -0.25) is 4.79 Å². The summed E-state index contributed by atoms with van der Waals surface area (Å²) in [5.74, 6) is 0.572. The molecule has 1 atom stereocenters. The molecule has 2 aliphatic rings. The Balaban J connectivity index is 1.36. The topological polar surface area (TPSA) is 69.6 Å². The minimum absolute atomic E-state index is 0.0321. The highest BCUT2D eigenvalue weighted by atomic mass is 19.1. The van der Waals surface area contributed by atoms with Crippen LogP contribution in [0.1, 0.15) is 39.6 Å². The number of nitrogens with zero attached hydrogens (tertiary/aromatic N) is 4. The molecule has 5 rings (SSSR count). The van der Waals surface area contributed by atoms with Gasteiger partial charge in [-0.1, -0.05) is 18.2 Å². The van der Waals surface area contributed by atoms with Gasteiger partial charge in [0, 0.05) is 44.2 Å². The van der Waals surface area contributed by atoms with E-state index in [2.05, 4.69) is 14.8 Å². The van der Waals surface area contributed by atoms with Gasteiger partial charge >= 0.3 is 0 Å². The van der Waals surface area contributed by atoms with Gasteiger partial charge in [-0.05, 0) is 49.2 Å². The van der Waals surface area contributed by atoms with Crippen LogP contribution in [0.25, 0.3) is 0 Å². The van der Waals surface area contributed by atoms with Crippen molar-refractivity contribution in [3.63, 3.8) is 0 Å². The number of Topliss-reactive ketones (excluding diaryl/α,β-unsaturated/α-hetero) is 1. The van der Waals surface area contributed by atoms with Gasteiger partial charge in [0.25, 0.3) is 0 Å². The number of aromatic nitrogens is 2. The number of carbonyl (C=O) groups excluding carboxylic acids is 1. The number of rotatable bonds is 3. The fourth-order valence-corrected chi connectivity index (χ4v) is 4.77. The van der Waals surface area contributed by atoms with E-state index in [4.69, 9.17) is 4.98 Å². The maximum absolute atomic E-state index is 13.2. The summed E-state index contributed by atoms with van der Waals surface area (Å²) in [4.78, 5) is 26.7. The van der Waals surface area contributed by atoms with Crippen molar-refractivity contribution in [3.8, 4) is 5.75 Å². The molecule has 0 radical (unpaired) electrons. The molecule has 0 unspecified atom stereocenters. The van der Waals surface area contributed by atoms with Gasteiger partial charge in [-0.15, -0.1) is 0 Å². The van der Waals surface area contributed by atoms with Gasteiger partial charge in [0.05, 0.1) is 17.0 Å². The molecule has 2 heterocycles. The second-order valence-corrected chi connectivity index (χ2v) is 8.47. The fourth-order valence-electron chi connectivity index (χ4n) is 4.77. The van der Waals surface area contributed by atoms with Gasteiger partial charge in [0.15, 0.2) is 5.78 Å². The highest BCUT2D eigenvalue weighted by molar-refractivity contribution is 5.99. The summed E-state index contributed by atoms with van der Waals surface area (Å²) < 4.78 is 13.2. The van der Waals surface area contributed by atoms with Crippen molar-refractivity contribution in [1.29, 1.82) is 0 Å². The zero-order valence-electron chi connectivity index (χ0n) is 18.0. The maximum atomic E-state index is 13.2. The fraction of sp³-hybridized carbons (Fsp3) is 0.320. The number of anilines is 2. The van der Waals surface area contributed by atoms with E-state index >= 15 is 0 Å². The van der Waals surface area contributed by atoms with Crippen LogP contribution in [0.2, 0.25) is 0 Å². The Morgan fingerprint density at radius 1 is 0.938 bits per heavy atom. The van der Waals surface area contributed by atoms with Gasteiger partial charge in [0.2, 0.25) is 5.95 Å². The van der Waals surface area contributed by atoms with Crippen molar-refractivity contribution < 1.29 is 14.3 Å². The molecular formula is C25H25FN4O2. The molecule has 32 heavy (non-hydrogen) atoms. The molecular weight excluding hydrogens is 407 g/mol. The summed E-state index contributed by atoms with van der Waals surface area (Å²) in [5, 5.41) is 10.3. The molecule has 0 saturated carbocycles. The molecule has 164 valence electrons. The lowest BCUT2D eigenvalue weighted by atomic mass is 9.81. The van der Waals surface area contributed by atoms with Crippen LogP contribution in [0.5, 0.6) is 5.75 Å². The van der Waals surface area contributed by atoms with Crippen LogP contribution in [0.15, 0.2) is 48.5 Å². The lowest BCUT2D eigenvalue weighted by Gasteiger charge is -2.36. The summed E-state index contributed by atoms with van der Waals surface area (Å²) in [7, 11) is 0. The van der Waals surface area contributed by atoms with Crippen LogP contribution in [-0.4, -0.2) is 47.0 Å². The normalized spacial score (nSPS) is 18.6. The molecule has 2 aromatic carbocycles. The van der Waals surface area contributed by atoms with Crippen molar-refractivity contribution in [1.82, 2.24) is 9.97 Å². The van der Waals surface area contributed by atoms with Crippen molar-refractivity contribution in [2.24, 2.45) is 0 Å². The average Bonchev–Trinajstić information content (AvgIpc) is 2.79. The van der Waals surface area contributed by atoms with Gasteiger partial charge in [-0.2, -0.15) is 0 Å². The standard InChI is InChI=1S/C25H25FN4O2/c1-16-24-21(14-17(15-23(24)32)20-4-2-3-5-22(20)31)28-25(27-16)30-12-10-29(11-13-30)19-8-6-18(26)7-9-19/h2-9,17,31H,10-15H2,1H3/t17-/m0/s1. The van der Waals surface area contributed by atoms with Crippen LogP contribution < -0.4 is 9.80 Å². The summed E-state index contributed by atoms with van der Waals surface area (Å²) in [6.07, 6.45) is 0.953. The number of fused-ring (bicyclic) bond motifs is 1. The van der Waals surface area contributed by atoms with E-state index in [0.717, 1.165) is 43.1 Å². The number of hydrogen-bond acceptors (Lipinski definition) is 6. The van der Waals surface area contributed by atoms with E-state index in [1.807, 2.05) is 19.1 Å². The second-order valence-electron chi connectivity index (χ2n) is 8.47. The summed E-state index contributed by atoms with van der Waals surface area (Å²) >= 11 is 0. The highest BCUT2D eigenvalue weighted by Gasteiger charge is 2.32. The smallest absolute Gasteiger partial charge is 0.225 e. The number of para-hydroxylation sites is 1. The molecule has 0 spiro atoms. The molecule has 1 fully saturated rings. The number of phenols is 1. The van der Waals surface area contributed by atoms with Gasteiger partial charge < -0.3 is 14.9 Å². The van der Waals surface area contributed by atoms with Crippen molar-refractivity contribution in [2.75, 3.05) is 36.0 Å². The van der Waals surface area contributed by atoms with E-state index in [0.29, 0.717) is 30.0 Å². The molecule has 1 saturated heterocycles. The Morgan fingerprint density at radius 2 is 1.62 bits per heavy atom. The molecule has 0 amide bonds. The van der Waals surface area contributed by atoms with Crippen LogP contribution in [0.4, 0.5) is 16.0 Å². The molecule has 7 heteroatoms. The molecule has 1 aliphatic heterocycles. The van der Waals surface area contributed by atoms with Crippen LogP contribution in [-0.2, 0) is 6.42 Å². The number of piperazine rings is 1. The third-order valence-electron chi connectivity index (χ3n) is 6.43. The van der Waals surface area contributed by atoms with Crippen LogP contribution in [0.3, 0.4) is 0 Å². The molecule has 6 nitrogen and oxygen atoms in total. The lowest BCUT2D eigenvalue weighted by molar-refractivity contribution is 0.0961. The average molecular weight is 432 g/mol. The monoisotopic (exact) mass is 432 g/mol. The number of benzene rings is 2. The number of hydrogen-bond donors (Lipinski definition) is 1. The Morgan fingerprint density at radius 3 is 2.34 bits per heavy atom. The van der Waals surface area contributed by atoms with Gasteiger partial charge in [-0.25, -0.2) is 14.4 Å². The first kappa shape index (κ1) is 20.4. The van der Waals surface area contributed by atoms with E-state index in [1.165, 1.54) is 12.1 Å². The third-order valence-corrected chi connectivity index (χ3v) is 6.43. The Hall–Kier alpha value is -3.48. The van der Waals surface area contributed by atoms with Crippen molar-refractivity contribution in [2.45, 2.75) is 25.7 Å². The first-order valence-corrected chi connectivity index (χ1v) is 10.9. The predicted octanol–water partition coefficient (Wildman–Crippen LogP) is 3.87. The summed E-state index contributed by atoms with van der Waals surface area (Å²) in [6.45, 7) is 4.92. The minimum atomic E-state index is -0.234. The van der Waals surface area contributed by atoms with Gasteiger partial charge in [0.1, 0.15) is 11.6 Å². The van der Waals surface area contributed by atoms with Crippen molar-refractivity contribution in [3.05, 3.63) is 76.9 Å². The van der Waals surface area contributed by atoms with E-state index < -0.39 is 0 Å². The Kier molecular flexibility index (Phi) is 5.25. The zero-order chi connectivity index (χ0) is 22.2. The molecule has 1 aromatic heterocycles. The highest BCUT2D eigenvalue weighted by Crippen LogP contribution is 2.37. The Bertz CT molecular complexity index is 1160. The third kappa shape index (κ3) is 3.79.